The first-order chi connectivity index (χ1) is 34.4. The van der Waals surface area contributed by atoms with Crippen LogP contribution in [-0.4, -0.2) is 58.5 Å². The number of ether oxygens (including phenoxy) is 2. The van der Waals surface area contributed by atoms with Crippen LogP contribution in [0.2, 0.25) is 0 Å². The average molecular weight is 1450 g/mol. The third-order valence-electron chi connectivity index (χ3n) is 21.4. The van der Waals surface area contributed by atoms with Crippen molar-refractivity contribution < 1.29 is 14.6 Å². The lowest BCUT2D eigenvalue weighted by Gasteiger charge is -2.58. The first kappa shape index (κ1) is 74.4. The first-order valence-corrected chi connectivity index (χ1v) is 36.6. The van der Waals surface area contributed by atoms with E-state index in [4.69, 9.17) is 39.1 Å². The first-order valence-electron chi connectivity index (χ1n) is 29.5. The minimum absolute atomic E-state index is 0. The van der Waals surface area contributed by atoms with E-state index in [1.807, 2.05) is 0 Å². The number of halogens is 7. The fraction of sp³-hybridized carbons (Fsp3) is 0.935. The van der Waals surface area contributed by atoms with Gasteiger partial charge in [-0.15, -0.1) is 41.0 Å². The second kappa shape index (κ2) is 35.7. The molecule has 13 heteroatoms. The lowest BCUT2D eigenvalue weighted by molar-refractivity contribution is -0.0658. The minimum atomic E-state index is -0.250. The molecular weight excluding hydrogens is 1340 g/mol. The zero-order valence-corrected chi connectivity index (χ0v) is 59.0. The number of aliphatic hydroxyl groups excluding tert-OH is 1. The molecular formula is C62H113BBr5Cl2O3P2. The molecule has 8 aliphatic carbocycles. The number of allylic oxidation sites excluding steroid dienone is 2. The monoisotopic (exact) mass is 1450 g/mol. The Morgan fingerprint density at radius 2 is 1.00 bits per heavy atom. The maximum atomic E-state index is 9.14. The van der Waals surface area contributed by atoms with Crippen molar-refractivity contribution in [3.63, 3.8) is 0 Å². The standard InChI is InChI=1S/C29H49BrO.C29H50O2.CBr4.CH2Cl2.2CH4.B.H4P2/c2*1-20(2)7-6-8-21(3)25-11-12-26-24-10-9-22-19-23(31-18-17-30)13-15-28(22,4)27(24)14-16-29(25,26)5;2-1(3,4)5;2-1-3;;;;1-2/h9,20-21,23-27H,6-8,10-19H2,1-5H3;9,20-21,23-27,30H,6-8,10-19H2,1-5H3;;1H2;2*1H4;;1-2H2/t2*21-,23+,24+,25-,26+,27+,28+,29-;;;;;;/m11....../s1/i;;;;;;;1T. The summed E-state index contributed by atoms with van der Waals surface area (Å²) in [5, 5.41) is 10.3. The number of hydrogen-bond acceptors (Lipinski definition) is 3. The molecule has 6 saturated carbocycles. The Hall–Kier alpha value is 3.26. The molecule has 0 aromatic heterocycles. The molecule has 6 fully saturated rings. The SMILES string of the molecule is BrC(Br)(Br)Br.C.C.CC(C)CCC[C@@H](C)[C@H]1CC[C@H]2[C@@H]3CC=C4C[C@@H](OCCBr)CC[C@]4(C)[C@H]3CC[C@]12C.CC(C)CCC[C@@H](C)[C@H]1CC[C@H]2[C@@H]3CC=C4C[C@@H](OCCO)CC[C@]4(C)[C@H]3CC[C@]12C.ClCCl.[3H]PP.[B]. The second-order valence-electron chi connectivity index (χ2n) is 26.0. The van der Waals surface area contributed by atoms with Crippen molar-refractivity contribution in [1.82, 2.24) is 0 Å². The molecule has 8 rings (SSSR count). The van der Waals surface area contributed by atoms with Gasteiger partial charge in [0.05, 0.1) is 38.6 Å². The van der Waals surface area contributed by atoms with E-state index in [0.29, 0.717) is 40.5 Å². The van der Waals surface area contributed by atoms with Crippen molar-refractivity contribution in [1.29, 1.82) is 1.28 Å². The molecule has 1 N–H and O–H groups in total. The van der Waals surface area contributed by atoms with Gasteiger partial charge in [0.1, 0.15) is 0 Å². The van der Waals surface area contributed by atoms with Gasteiger partial charge < -0.3 is 14.6 Å². The number of rotatable bonds is 16. The van der Waals surface area contributed by atoms with Crippen LogP contribution in [0.1, 0.15) is 225 Å². The molecule has 0 saturated heterocycles. The summed E-state index contributed by atoms with van der Waals surface area (Å²) in [6.45, 7) is 26.8. The Labute approximate surface area is 525 Å². The third kappa shape index (κ3) is 20.2. The minimum Gasteiger partial charge on any atom is -0.394 e. The highest BCUT2D eigenvalue weighted by molar-refractivity contribution is 9.52. The summed E-state index contributed by atoms with van der Waals surface area (Å²) in [6, 6.07) is 0. The Morgan fingerprint density at radius 1 is 0.640 bits per heavy atom. The van der Waals surface area contributed by atoms with E-state index in [0.717, 1.165) is 89.4 Å². The molecule has 3 radical (unpaired) electrons. The van der Waals surface area contributed by atoms with Crippen LogP contribution in [0.15, 0.2) is 23.3 Å². The van der Waals surface area contributed by atoms with Gasteiger partial charge in [-0.25, -0.2) is 0 Å². The summed E-state index contributed by atoms with van der Waals surface area (Å²) in [5.74, 6) is 11.0. The maximum Gasteiger partial charge on any atom is 0.189 e. The normalized spacial score (nSPS) is 37.2. The predicted octanol–water partition coefficient (Wildman–Crippen LogP) is 22.4. The van der Waals surface area contributed by atoms with E-state index < -0.39 is 0 Å². The molecule has 8 aliphatic rings. The van der Waals surface area contributed by atoms with Gasteiger partial charge in [0, 0.05) is 13.7 Å². The lowest BCUT2D eigenvalue weighted by Crippen LogP contribution is -2.51. The highest BCUT2D eigenvalue weighted by Crippen LogP contribution is 2.69. The van der Waals surface area contributed by atoms with Crippen molar-refractivity contribution in [3.05, 3.63) is 23.3 Å². The van der Waals surface area contributed by atoms with Gasteiger partial charge in [-0.3, -0.25) is 0 Å². The van der Waals surface area contributed by atoms with Gasteiger partial charge >= 0.3 is 0 Å². The van der Waals surface area contributed by atoms with E-state index >= 15 is 0 Å². The lowest BCUT2D eigenvalue weighted by atomic mass is 9.47. The third-order valence-corrected chi connectivity index (χ3v) is 21.7. The van der Waals surface area contributed by atoms with E-state index in [9.17, 15) is 0 Å². The summed E-state index contributed by atoms with van der Waals surface area (Å²) in [5.41, 5.74) is 5.52. The van der Waals surface area contributed by atoms with Crippen LogP contribution >= 0.6 is 121 Å². The molecule has 0 heterocycles. The number of fused-ring (bicyclic) bond motifs is 10. The average Bonchev–Trinajstić information content (AvgIpc) is 3.87. The van der Waals surface area contributed by atoms with Crippen molar-refractivity contribution in [2.45, 2.75) is 239 Å². The smallest absolute Gasteiger partial charge is 0.189 e. The number of alkyl halides is 7. The number of hydrogen-bond donors (Lipinski definition) is 1. The van der Waals surface area contributed by atoms with E-state index in [1.54, 1.807) is 11.1 Å². The largest absolute Gasteiger partial charge is 0.394 e. The van der Waals surface area contributed by atoms with Gasteiger partial charge in [0.15, 0.2) is 1.05 Å². The van der Waals surface area contributed by atoms with Gasteiger partial charge in [-0.2, -0.15) is 0 Å². The molecule has 0 aliphatic heterocycles. The molecule has 0 amide bonds. The fourth-order valence-corrected chi connectivity index (χ4v) is 18.2. The summed E-state index contributed by atoms with van der Waals surface area (Å²) < 4.78 is 18.0. The van der Waals surface area contributed by atoms with Crippen LogP contribution < -0.4 is 0 Å². The summed E-state index contributed by atoms with van der Waals surface area (Å²) in [7, 11) is 2.52. The van der Waals surface area contributed by atoms with Gasteiger partial charge in [-0.05, 0) is 259 Å². The zero-order chi connectivity index (χ0) is 54.4. The molecule has 0 aromatic carbocycles. The summed E-state index contributed by atoms with van der Waals surface area (Å²) >= 11 is 25.6. The molecule has 441 valence electrons. The molecule has 0 bridgehead atoms. The molecule has 2 unspecified atom stereocenters. The van der Waals surface area contributed by atoms with Crippen molar-refractivity contribution >= 4 is 129 Å². The topological polar surface area (TPSA) is 38.7 Å². The second-order valence-corrected chi connectivity index (χ2v) is 38.7. The van der Waals surface area contributed by atoms with Gasteiger partial charge in [0.25, 0.3) is 0 Å². The fourth-order valence-electron chi connectivity index (χ4n) is 18.0. The molecule has 18 atom stereocenters. The highest BCUT2D eigenvalue weighted by Gasteiger charge is 2.61. The molecule has 0 spiro atoms. The van der Waals surface area contributed by atoms with Crippen LogP contribution in [0.4, 0.5) is 0 Å². The van der Waals surface area contributed by atoms with Crippen molar-refractivity contribution in [2.75, 3.05) is 30.5 Å². The van der Waals surface area contributed by atoms with Crippen molar-refractivity contribution in [2.24, 2.45) is 92.7 Å². The van der Waals surface area contributed by atoms with Crippen LogP contribution in [0.5, 0.6) is 0 Å². The van der Waals surface area contributed by atoms with Gasteiger partial charge in [-0.1, -0.05) is 162 Å². The molecule has 0 aromatic rings. The van der Waals surface area contributed by atoms with Crippen LogP contribution in [-0.2, 0) is 9.47 Å². The van der Waals surface area contributed by atoms with Gasteiger partial charge in [0.2, 0.25) is 0 Å². The van der Waals surface area contributed by atoms with Crippen LogP contribution in [0, 0.1) is 92.7 Å². The predicted molar refractivity (Wildman–Crippen MR) is 360 cm³/mol. The summed E-state index contributed by atoms with van der Waals surface area (Å²) in [6.07, 6.45) is 36.6. The summed E-state index contributed by atoms with van der Waals surface area (Å²) in [4.78, 5) is 0. The van der Waals surface area contributed by atoms with Crippen LogP contribution in [0.3, 0.4) is 0 Å². The van der Waals surface area contributed by atoms with Crippen LogP contribution in [0.25, 0.3) is 0 Å². The van der Waals surface area contributed by atoms with E-state index in [-0.39, 0.29) is 45.1 Å². The Kier molecular flexibility index (Phi) is 35.4. The molecule has 3 nitrogen and oxygen atoms in total. The Bertz CT molecular complexity index is 1570. The van der Waals surface area contributed by atoms with E-state index in [2.05, 4.69) is 170 Å². The Balaban J connectivity index is 0.000000616. The Morgan fingerprint density at radius 3 is 1.33 bits per heavy atom. The van der Waals surface area contributed by atoms with Crippen molar-refractivity contribution in [3.8, 4) is 0 Å². The quantitative estimate of drug-likeness (QED) is 0.0724. The molecule has 75 heavy (non-hydrogen) atoms. The number of aliphatic hydroxyl groups is 1. The highest BCUT2D eigenvalue weighted by atomic mass is 80.0. The zero-order valence-electron chi connectivity index (χ0n) is 48.4. The maximum absolute atomic E-state index is 9.14. The van der Waals surface area contributed by atoms with E-state index in [1.165, 1.54) is 135 Å².